The number of nitrogens with zero attached hydrogens (tertiary/aromatic N) is 1. The Labute approximate surface area is 226 Å². The molecule has 1 N–H and O–H groups in total. The summed E-state index contributed by atoms with van der Waals surface area (Å²) in [7, 11) is -4.07. The van der Waals surface area contributed by atoms with Gasteiger partial charge in [-0.2, -0.15) is 0 Å². The molecule has 6 nitrogen and oxygen atoms in total. The van der Waals surface area contributed by atoms with Gasteiger partial charge in [0.25, 0.3) is 15.9 Å². The Morgan fingerprint density at radius 1 is 0.868 bits per heavy atom. The molecule has 0 aliphatic carbocycles. The van der Waals surface area contributed by atoms with Crippen LogP contribution in [0.3, 0.4) is 0 Å². The van der Waals surface area contributed by atoms with Gasteiger partial charge in [-0.15, -0.1) is 0 Å². The van der Waals surface area contributed by atoms with Crippen molar-refractivity contribution in [1.29, 1.82) is 0 Å². The highest BCUT2D eigenvalue weighted by atomic mass is 35.5. The Hall–Kier alpha value is -3.81. The number of benzene rings is 4. The molecule has 0 aliphatic rings. The topological polar surface area (TPSA) is 77.4 Å². The van der Waals surface area contributed by atoms with Crippen molar-refractivity contribution in [3.63, 3.8) is 0 Å². The molecule has 5 rings (SSSR count). The van der Waals surface area contributed by atoms with E-state index in [4.69, 9.17) is 16.3 Å². The monoisotopic (exact) mass is 546 g/mol. The Bertz CT molecular complexity index is 1750. The van der Waals surface area contributed by atoms with Gasteiger partial charge in [0.05, 0.1) is 11.5 Å². The number of para-hydroxylation sites is 1. The van der Waals surface area contributed by atoms with E-state index in [1.807, 2.05) is 79.1 Å². The molecule has 0 atom stereocenters. The van der Waals surface area contributed by atoms with Crippen LogP contribution in [-0.2, 0) is 16.6 Å². The Morgan fingerprint density at radius 3 is 2.26 bits per heavy atom. The Balaban J connectivity index is 1.35. The number of amides is 1. The summed E-state index contributed by atoms with van der Waals surface area (Å²) in [5, 5.41) is 3.28. The zero-order valence-electron chi connectivity index (χ0n) is 21.1. The van der Waals surface area contributed by atoms with E-state index in [2.05, 4.69) is 4.72 Å². The predicted molar refractivity (Wildman–Crippen MR) is 152 cm³/mol. The minimum absolute atomic E-state index is 0.0363. The first-order valence-electron chi connectivity index (χ1n) is 12.3. The third-order valence-electron chi connectivity index (χ3n) is 6.51. The van der Waals surface area contributed by atoms with Crippen LogP contribution in [0.5, 0.6) is 5.75 Å². The summed E-state index contributed by atoms with van der Waals surface area (Å²) in [6.45, 7) is 4.76. The molecule has 1 amide bonds. The minimum Gasteiger partial charge on any atom is -0.494 e. The molecule has 194 valence electrons. The lowest BCUT2D eigenvalue weighted by atomic mass is 10.1. The van der Waals surface area contributed by atoms with E-state index >= 15 is 0 Å². The molecule has 1 aromatic heterocycles. The molecule has 0 aliphatic heterocycles. The molecule has 0 spiro atoms. The van der Waals surface area contributed by atoms with Gasteiger partial charge in [-0.25, -0.2) is 13.1 Å². The zero-order valence-corrected chi connectivity index (χ0v) is 22.6. The summed E-state index contributed by atoms with van der Waals surface area (Å²) in [6, 6.07) is 25.4. The maximum absolute atomic E-state index is 13.3. The van der Waals surface area contributed by atoms with E-state index in [1.54, 1.807) is 18.2 Å². The molecular weight excluding hydrogens is 520 g/mol. The fourth-order valence-corrected chi connectivity index (χ4v) is 5.71. The van der Waals surface area contributed by atoms with Crippen molar-refractivity contribution in [2.45, 2.75) is 31.7 Å². The average Bonchev–Trinajstić information content (AvgIpc) is 3.28. The summed E-state index contributed by atoms with van der Waals surface area (Å²) in [4.78, 5) is 13.3. The summed E-state index contributed by atoms with van der Waals surface area (Å²) in [6.07, 6.45) is 0.608. The lowest BCUT2D eigenvalue weighted by Gasteiger charge is -2.13. The van der Waals surface area contributed by atoms with Crippen molar-refractivity contribution in [1.82, 2.24) is 9.29 Å². The number of aryl methyl sites for hydroxylation is 3. The fourth-order valence-electron chi connectivity index (χ4n) is 4.61. The molecule has 4 aromatic carbocycles. The van der Waals surface area contributed by atoms with E-state index in [9.17, 15) is 13.2 Å². The third kappa shape index (κ3) is 5.26. The quantitative estimate of drug-likeness (QED) is 0.221. The van der Waals surface area contributed by atoms with Gasteiger partial charge in [-0.1, -0.05) is 60.1 Å². The highest BCUT2D eigenvalue weighted by molar-refractivity contribution is 7.90. The predicted octanol–water partition coefficient (Wildman–Crippen LogP) is 6.65. The van der Waals surface area contributed by atoms with E-state index in [0.717, 1.165) is 43.6 Å². The number of carbonyl (C=O) groups excluding carboxylic acids is 1. The van der Waals surface area contributed by atoms with Gasteiger partial charge in [0.1, 0.15) is 11.4 Å². The molecular formula is C30H27ClN2O4S. The smallest absolute Gasteiger partial charge is 0.281 e. The van der Waals surface area contributed by atoms with E-state index in [1.165, 1.54) is 6.07 Å². The number of ether oxygens (including phenoxy) is 1. The number of aromatic nitrogens is 1. The number of sulfonamides is 1. The highest BCUT2D eigenvalue weighted by Gasteiger charge is 2.22. The van der Waals surface area contributed by atoms with E-state index in [0.29, 0.717) is 19.6 Å². The molecule has 0 bridgehead atoms. The lowest BCUT2D eigenvalue weighted by Crippen LogP contribution is -2.32. The van der Waals surface area contributed by atoms with Crippen LogP contribution in [0.2, 0.25) is 5.02 Å². The summed E-state index contributed by atoms with van der Waals surface area (Å²) in [5.41, 5.74) is 3.02. The number of carbonyl (C=O) groups is 1. The Morgan fingerprint density at radius 2 is 1.53 bits per heavy atom. The molecule has 1 heterocycles. The molecule has 0 saturated carbocycles. The van der Waals surface area contributed by atoms with Crippen LogP contribution in [-0.4, -0.2) is 25.5 Å². The normalized spacial score (nSPS) is 11.7. The molecule has 38 heavy (non-hydrogen) atoms. The fraction of sp³-hybridized carbons (Fsp3) is 0.167. The maximum Gasteiger partial charge on any atom is 0.281 e. The zero-order chi connectivity index (χ0) is 26.9. The lowest BCUT2D eigenvalue weighted by molar-refractivity contribution is 0.0972. The van der Waals surface area contributed by atoms with Crippen LogP contribution in [0.15, 0.2) is 89.8 Å². The van der Waals surface area contributed by atoms with Gasteiger partial charge in [0.15, 0.2) is 0 Å². The Kier molecular flexibility index (Phi) is 7.15. The molecule has 0 saturated heterocycles. The largest absolute Gasteiger partial charge is 0.494 e. The van der Waals surface area contributed by atoms with Crippen LogP contribution in [0, 0.1) is 13.8 Å². The standard InChI is InChI=1S/C30H27ClN2O4S/c1-20-16-25(17-21(2)29(20)31)37-15-7-14-33-27-11-6-5-10-24(27)19-28(33)30(34)32-38(35,36)26-13-12-22-8-3-4-9-23(22)18-26/h3-6,8-13,16-19H,7,14-15H2,1-2H3,(H,32,34). The summed E-state index contributed by atoms with van der Waals surface area (Å²) < 4.78 is 36.3. The highest BCUT2D eigenvalue weighted by Crippen LogP contribution is 2.26. The van der Waals surface area contributed by atoms with Gasteiger partial charge in [-0.3, -0.25) is 4.79 Å². The molecule has 5 aromatic rings. The number of rotatable bonds is 8. The van der Waals surface area contributed by atoms with Crippen molar-refractivity contribution < 1.29 is 17.9 Å². The SMILES string of the molecule is Cc1cc(OCCCn2c(C(=O)NS(=O)(=O)c3ccc4ccccc4c3)cc3ccccc32)cc(C)c1Cl. The van der Waals surface area contributed by atoms with Gasteiger partial charge >= 0.3 is 0 Å². The second-order valence-electron chi connectivity index (χ2n) is 9.26. The van der Waals surface area contributed by atoms with Crippen LogP contribution >= 0.6 is 11.6 Å². The molecule has 0 unspecified atom stereocenters. The number of halogens is 1. The number of fused-ring (bicyclic) bond motifs is 2. The van der Waals surface area contributed by atoms with Crippen molar-refractivity contribution in [3.8, 4) is 5.75 Å². The number of hydrogen-bond donors (Lipinski definition) is 1. The molecule has 0 fully saturated rings. The number of hydrogen-bond acceptors (Lipinski definition) is 4. The van der Waals surface area contributed by atoms with E-state index in [-0.39, 0.29) is 10.6 Å². The molecule has 0 radical (unpaired) electrons. The van der Waals surface area contributed by atoms with Crippen molar-refractivity contribution in [3.05, 3.63) is 107 Å². The third-order valence-corrected chi connectivity index (χ3v) is 8.43. The first kappa shape index (κ1) is 25.8. The first-order chi connectivity index (χ1) is 18.2. The van der Waals surface area contributed by atoms with Crippen LogP contribution in [0.1, 0.15) is 28.0 Å². The van der Waals surface area contributed by atoms with Crippen molar-refractivity contribution in [2.24, 2.45) is 0 Å². The van der Waals surface area contributed by atoms with Gasteiger partial charge in [0, 0.05) is 22.5 Å². The second-order valence-corrected chi connectivity index (χ2v) is 11.3. The second kappa shape index (κ2) is 10.5. The summed E-state index contributed by atoms with van der Waals surface area (Å²) >= 11 is 6.25. The maximum atomic E-state index is 13.3. The van der Waals surface area contributed by atoms with Crippen molar-refractivity contribution in [2.75, 3.05) is 6.61 Å². The van der Waals surface area contributed by atoms with Crippen LogP contribution < -0.4 is 9.46 Å². The van der Waals surface area contributed by atoms with Crippen LogP contribution in [0.4, 0.5) is 0 Å². The average molecular weight is 547 g/mol. The minimum atomic E-state index is -4.07. The summed E-state index contributed by atoms with van der Waals surface area (Å²) in [5.74, 6) is 0.0560. The molecule has 8 heteroatoms. The van der Waals surface area contributed by atoms with E-state index < -0.39 is 15.9 Å². The first-order valence-corrected chi connectivity index (χ1v) is 14.1. The van der Waals surface area contributed by atoms with Crippen LogP contribution in [0.25, 0.3) is 21.7 Å². The van der Waals surface area contributed by atoms with Gasteiger partial charge < -0.3 is 9.30 Å². The number of nitrogens with one attached hydrogen (secondary N) is 1. The van der Waals surface area contributed by atoms with Gasteiger partial charge in [-0.05, 0) is 78.6 Å². The van der Waals surface area contributed by atoms with Gasteiger partial charge in [0.2, 0.25) is 0 Å². The van der Waals surface area contributed by atoms with Crippen molar-refractivity contribution >= 4 is 49.2 Å².